The largest absolute Gasteiger partial charge is 0.459 e. The molecule has 2 saturated heterocycles. The van der Waals surface area contributed by atoms with Crippen LogP contribution >= 0.6 is 0 Å². The number of allylic oxidation sites excluding steroid dienone is 9. The number of nitrogens with zero attached hydrogens (tertiary/aromatic N) is 2. The van der Waals surface area contributed by atoms with Crippen molar-refractivity contribution in [2.24, 2.45) is 17.8 Å². The van der Waals surface area contributed by atoms with Gasteiger partial charge in [0.1, 0.15) is 23.9 Å². The fraction of sp³-hybridized carbons (Fsp3) is 0.745. The first-order valence-corrected chi connectivity index (χ1v) is 23.7. The molecule has 0 bridgehead atoms. The predicted molar refractivity (Wildman–Crippen MR) is 250 cm³/mol. The van der Waals surface area contributed by atoms with E-state index in [9.17, 15) is 35.1 Å². The van der Waals surface area contributed by atoms with E-state index in [2.05, 4.69) is 61.3 Å². The summed E-state index contributed by atoms with van der Waals surface area (Å²) >= 11 is 0. The highest BCUT2D eigenvalue weighted by molar-refractivity contribution is 5.76. The third kappa shape index (κ3) is 18.1. The summed E-state index contributed by atoms with van der Waals surface area (Å²) < 4.78 is 18.5. The minimum absolute atomic E-state index is 0.150. The van der Waals surface area contributed by atoms with Gasteiger partial charge in [-0.1, -0.05) is 76.3 Å². The van der Waals surface area contributed by atoms with Crippen molar-refractivity contribution in [1.82, 2.24) is 9.80 Å². The second-order valence-corrected chi connectivity index (χ2v) is 18.7. The summed E-state index contributed by atoms with van der Waals surface area (Å²) in [7, 11) is 3.48. The molecule has 12 nitrogen and oxygen atoms in total. The molecule has 0 saturated carbocycles. The normalized spacial score (nSPS) is 35.7. The summed E-state index contributed by atoms with van der Waals surface area (Å²) in [5.74, 6) is -3.09. The fourth-order valence-electron chi connectivity index (χ4n) is 8.85. The Bertz CT molecular complexity index is 1530. The number of aliphatic hydroxyl groups is 5. The first kappa shape index (κ1) is 56.2. The molecule has 2 heterocycles. The summed E-state index contributed by atoms with van der Waals surface area (Å²) in [6.45, 7) is 16.1. The Kier molecular flexibility index (Phi) is 25.2. The van der Waals surface area contributed by atoms with Crippen molar-refractivity contribution in [3.63, 3.8) is 0 Å². The second kappa shape index (κ2) is 28.2. The lowest BCUT2D eigenvalue weighted by Gasteiger charge is -2.47. The van der Waals surface area contributed by atoms with Crippen molar-refractivity contribution in [1.29, 1.82) is 0 Å². The third-order valence-electron chi connectivity index (χ3n) is 12.9. The van der Waals surface area contributed by atoms with Crippen LogP contribution in [0.5, 0.6) is 0 Å². The Hall–Kier alpha value is -2.90. The minimum Gasteiger partial charge on any atom is -0.459 e. The van der Waals surface area contributed by atoms with Crippen molar-refractivity contribution in [3.05, 3.63) is 66.5 Å². The van der Waals surface area contributed by atoms with Gasteiger partial charge in [0, 0.05) is 32.0 Å². The van der Waals surface area contributed by atoms with Gasteiger partial charge < -0.3 is 49.5 Å². The average molecular weight is 887 g/mol. The number of unbranched alkanes of at least 4 members (excludes halogenated alkanes) is 2. The standard InChI is InChI=1S/C51H86N2O10/c1-12-14-15-16-17-18-19-20-21-22-23-24-25-26-27-28-29-30-31-32-43(54)53(11)41-33-37(4)61-49(45(41)56)63-47-38(5)44(55)39(6)48(58)62-42(13-2)51(9,60)46(57)40(7)52(10)35-36(3)34-50(47,8)59/h14-15,17-18,20-21,23-24,28,30,36-42,44-47,49,55-57,59-60H,12-13,16,19,22,25-27,31-35H2,1-11H3/b15-14-,18-17-,21-20-,24-23-/t29?,36-,37-,38+,39-,40?,41+,42-,44+,45-,46-,47-,49+,50-,51-/m1/s1. The lowest BCUT2D eigenvalue weighted by molar-refractivity contribution is -0.299. The monoisotopic (exact) mass is 887 g/mol. The van der Waals surface area contributed by atoms with Gasteiger partial charge in [-0.2, -0.15) is 0 Å². The lowest BCUT2D eigenvalue weighted by atomic mass is 9.78. The molecule has 1 unspecified atom stereocenters. The predicted octanol–water partition coefficient (Wildman–Crippen LogP) is 7.34. The number of ether oxygens (including phenoxy) is 3. The number of rotatable bonds is 18. The Labute approximate surface area is 380 Å². The second-order valence-electron chi connectivity index (χ2n) is 18.7. The van der Waals surface area contributed by atoms with Crippen molar-refractivity contribution in [2.75, 3.05) is 20.6 Å². The van der Waals surface area contributed by atoms with Crippen LogP contribution in [-0.2, 0) is 23.8 Å². The maximum absolute atomic E-state index is 13.5. The van der Waals surface area contributed by atoms with Crippen LogP contribution in [0.4, 0.5) is 0 Å². The molecule has 0 aliphatic carbocycles. The Balaban J connectivity index is 2.09. The molecule has 0 aromatic heterocycles. The highest BCUT2D eigenvalue weighted by Gasteiger charge is 2.50. The topological polar surface area (TPSA) is 169 Å². The molecule has 1 amide bonds. The van der Waals surface area contributed by atoms with Crippen LogP contribution in [0.2, 0.25) is 0 Å². The highest BCUT2D eigenvalue weighted by Crippen LogP contribution is 2.37. The first-order valence-electron chi connectivity index (χ1n) is 23.7. The van der Waals surface area contributed by atoms with Crippen LogP contribution in [0, 0.1) is 17.8 Å². The molecule has 0 radical (unpaired) electrons. The van der Waals surface area contributed by atoms with E-state index < -0.39 is 84.0 Å². The molecular weight excluding hydrogens is 801 g/mol. The number of esters is 1. The maximum Gasteiger partial charge on any atom is 0.311 e. The molecule has 0 aromatic carbocycles. The molecule has 0 spiro atoms. The Morgan fingerprint density at radius 2 is 1.48 bits per heavy atom. The zero-order chi connectivity index (χ0) is 47.3. The maximum atomic E-state index is 13.5. The number of aliphatic hydroxyl groups excluding tert-OH is 3. The van der Waals surface area contributed by atoms with E-state index in [-0.39, 0.29) is 31.1 Å². The SMILES string of the molecule is CC/C=C\C/C=C\C/C=C\C/C=C\CCCC=C=CCCC(=O)N(C)[C@H]1C[C@@H](C)O[C@@H](O[C@@H]2[C@@H](C)[C@H](O)[C@@H](C)C(=O)O[C@H](CC)[C@@](C)(O)[C@H](O)C(C)N(C)C[C@H](C)C[C@@]2(C)O)[C@@H]1O. The molecule has 5 N–H and O–H groups in total. The van der Waals surface area contributed by atoms with E-state index in [0.717, 1.165) is 44.9 Å². The van der Waals surface area contributed by atoms with Gasteiger partial charge in [0.15, 0.2) is 6.29 Å². The zero-order valence-electron chi connectivity index (χ0n) is 40.6. The minimum atomic E-state index is -1.79. The first-order chi connectivity index (χ1) is 29.7. The van der Waals surface area contributed by atoms with Gasteiger partial charge >= 0.3 is 5.97 Å². The summed E-state index contributed by atoms with van der Waals surface area (Å²) in [5.41, 5.74) is -0.207. The fourth-order valence-corrected chi connectivity index (χ4v) is 8.85. The number of hydrogen-bond acceptors (Lipinski definition) is 11. The van der Waals surface area contributed by atoms with Gasteiger partial charge in [-0.15, -0.1) is 5.73 Å². The van der Waals surface area contributed by atoms with Gasteiger partial charge in [-0.05, 0) is 130 Å². The molecular formula is C51H86N2O10. The molecule has 12 heteroatoms. The number of likely N-dealkylation sites (N-methyl/N-ethyl adjacent to an activating group) is 2. The molecule has 63 heavy (non-hydrogen) atoms. The van der Waals surface area contributed by atoms with Crippen LogP contribution in [0.15, 0.2) is 66.5 Å². The summed E-state index contributed by atoms with van der Waals surface area (Å²) in [4.78, 5) is 30.4. The van der Waals surface area contributed by atoms with Gasteiger partial charge in [0.05, 0.1) is 35.9 Å². The van der Waals surface area contributed by atoms with Crippen LogP contribution in [0.3, 0.4) is 0 Å². The Morgan fingerprint density at radius 3 is 2.08 bits per heavy atom. The van der Waals surface area contributed by atoms with Crippen LogP contribution in [-0.4, -0.2) is 134 Å². The van der Waals surface area contributed by atoms with E-state index in [4.69, 9.17) is 14.2 Å². The van der Waals surface area contributed by atoms with Crippen molar-refractivity contribution in [2.45, 2.75) is 206 Å². The molecule has 360 valence electrons. The zero-order valence-corrected chi connectivity index (χ0v) is 40.6. The van der Waals surface area contributed by atoms with Crippen LogP contribution in [0.25, 0.3) is 0 Å². The highest BCUT2D eigenvalue weighted by atomic mass is 16.7. The molecule has 0 aromatic rings. The van der Waals surface area contributed by atoms with Crippen molar-refractivity contribution < 1.29 is 49.3 Å². The van der Waals surface area contributed by atoms with E-state index in [1.165, 1.54) is 13.8 Å². The Morgan fingerprint density at radius 1 is 0.889 bits per heavy atom. The number of cyclic esters (lactones) is 1. The molecule has 2 rings (SSSR count). The smallest absolute Gasteiger partial charge is 0.311 e. The average Bonchev–Trinajstić information content (AvgIpc) is 3.23. The quantitative estimate of drug-likeness (QED) is 0.0404. The molecule has 2 aliphatic heterocycles. The van der Waals surface area contributed by atoms with Gasteiger partial charge in [-0.25, -0.2) is 0 Å². The lowest BCUT2D eigenvalue weighted by Crippen LogP contribution is -2.60. The van der Waals surface area contributed by atoms with Gasteiger partial charge in [-0.3, -0.25) is 9.59 Å². The van der Waals surface area contributed by atoms with Crippen LogP contribution < -0.4 is 0 Å². The number of amides is 1. The van der Waals surface area contributed by atoms with Crippen LogP contribution in [0.1, 0.15) is 139 Å². The summed E-state index contributed by atoms with van der Waals surface area (Å²) in [6, 6.07) is -1.20. The summed E-state index contributed by atoms with van der Waals surface area (Å²) in [5, 5.41) is 58.5. The third-order valence-corrected chi connectivity index (χ3v) is 12.9. The van der Waals surface area contributed by atoms with Crippen molar-refractivity contribution in [3.8, 4) is 0 Å². The molecule has 14 atom stereocenters. The van der Waals surface area contributed by atoms with E-state index in [1.54, 1.807) is 39.6 Å². The number of carbonyl (C=O) groups excluding carboxylic acids is 2. The van der Waals surface area contributed by atoms with E-state index in [0.29, 0.717) is 19.4 Å². The number of carbonyl (C=O) groups is 2. The summed E-state index contributed by atoms with van der Waals surface area (Å²) in [6.07, 6.45) is 21.9. The number of hydrogen-bond donors (Lipinski definition) is 5. The van der Waals surface area contributed by atoms with Gasteiger partial charge in [0.25, 0.3) is 0 Å². The van der Waals surface area contributed by atoms with Gasteiger partial charge in [0.2, 0.25) is 5.91 Å². The van der Waals surface area contributed by atoms with Crippen molar-refractivity contribution >= 4 is 11.9 Å². The molecule has 2 aliphatic rings. The molecule has 2 fully saturated rings. The van der Waals surface area contributed by atoms with E-state index in [1.807, 2.05) is 37.9 Å². The van der Waals surface area contributed by atoms with E-state index >= 15 is 0 Å².